The molecule has 0 amide bonds. The molecule has 0 aromatic rings. The van der Waals surface area contributed by atoms with Crippen molar-refractivity contribution in [2.75, 3.05) is 0 Å². The second kappa shape index (κ2) is 19.7. The fraction of sp³-hybridized carbons (Fsp3) is 0.938. The van der Waals surface area contributed by atoms with E-state index in [0.29, 0.717) is 0 Å². The Bertz CT molecular complexity index is 98.1. The molecular formula is C16H33Ce-. The Hall–Kier alpha value is 1.38. The standard InChI is InChI=1S/C16H33.Ce/c1-3-5-7-9-11-13-15-16-14-12-10-8-6-4-2;/h1,3-16H2,2H3;/q-1;. The molecule has 102 valence electrons. The van der Waals surface area contributed by atoms with E-state index in [-0.39, 0.29) is 41.7 Å². The number of hydrogen-bond acceptors (Lipinski definition) is 0. The Morgan fingerprint density at radius 1 is 0.529 bits per heavy atom. The minimum Gasteiger partial charge on any atom is -0.343 e. The van der Waals surface area contributed by atoms with Crippen LogP contribution in [0.1, 0.15) is 96.8 Å². The van der Waals surface area contributed by atoms with Gasteiger partial charge in [0.25, 0.3) is 0 Å². The van der Waals surface area contributed by atoms with Crippen molar-refractivity contribution in [1.29, 1.82) is 0 Å². The summed E-state index contributed by atoms with van der Waals surface area (Å²) in [6.07, 6.45) is 19.8. The van der Waals surface area contributed by atoms with Gasteiger partial charge in [-0.25, -0.2) is 0 Å². The second-order valence-electron chi connectivity index (χ2n) is 5.10. The molecule has 0 aliphatic rings. The summed E-state index contributed by atoms with van der Waals surface area (Å²) in [4.78, 5) is 0. The van der Waals surface area contributed by atoms with E-state index >= 15 is 0 Å². The summed E-state index contributed by atoms with van der Waals surface area (Å²) < 4.78 is 0. The monoisotopic (exact) mass is 365 g/mol. The van der Waals surface area contributed by atoms with E-state index in [2.05, 4.69) is 13.8 Å². The van der Waals surface area contributed by atoms with Crippen LogP contribution in [-0.4, -0.2) is 0 Å². The van der Waals surface area contributed by atoms with Crippen molar-refractivity contribution in [2.45, 2.75) is 96.8 Å². The first kappa shape index (κ1) is 20.7. The summed E-state index contributed by atoms with van der Waals surface area (Å²) >= 11 is 0. The minimum absolute atomic E-state index is 0. The minimum atomic E-state index is 0. The van der Waals surface area contributed by atoms with Crippen LogP contribution in [0.3, 0.4) is 0 Å². The Labute approximate surface area is 144 Å². The normalized spacial score (nSPS) is 10.2. The molecule has 0 radical (unpaired) electrons. The molecule has 0 nitrogen and oxygen atoms in total. The van der Waals surface area contributed by atoms with Crippen molar-refractivity contribution in [3.63, 3.8) is 0 Å². The topological polar surface area (TPSA) is 0 Å². The van der Waals surface area contributed by atoms with Crippen molar-refractivity contribution in [3.05, 3.63) is 6.92 Å². The first-order chi connectivity index (χ1) is 7.91. The van der Waals surface area contributed by atoms with E-state index in [0.717, 1.165) is 6.42 Å². The SMILES string of the molecule is [CH2-]CCCCCCCCCCCCCCC.[Ce]. The smallest absolute Gasteiger partial charge is 0 e. The maximum atomic E-state index is 3.87. The molecule has 1 heteroatoms. The van der Waals surface area contributed by atoms with Gasteiger partial charge in [-0.3, -0.25) is 0 Å². The van der Waals surface area contributed by atoms with Crippen molar-refractivity contribution in [3.8, 4) is 0 Å². The zero-order valence-electron chi connectivity index (χ0n) is 12.1. The Morgan fingerprint density at radius 2 is 0.824 bits per heavy atom. The van der Waals surface area contributed by atoms with Crippen LogP contribution in [0, 0.1) is 48.7 Å². The van der Waals surface area contributed by atoms with Crippen LogP contribution in [0.25, 0.3) is 0 Å². The Kier molecular flexibility index (Phi) is 24.0. The predicted octanol–water partition coefficient (Wildman–Crippen LogP) is 6.30. The van der Waals surface area contributed by atoms with E-state index in [1.807, 2.05) is 0 Å². The summed E-state index contributed by atoms with van der Waals surface area (Å²) in [5, 5.41) is 0. The summed E-state index contributed by atoms with van der Waals surface area (Å²) in [5.41, 5.74) is 0. The summed E-state index contributed by atoms with van der Waals surface area (Å²) in [6, 6.07) is 0. The summed E-state index contributed by atoms with van der Waals surface area (Å²) in [6.45, 7) is 6.16. The van der Waals surface area contributed by atoms with Crippen LogP contribution in [0.2, 0.25) is 0 Å². The third-order valence-electron chi connectivity index (χ3n) is 3.35. The van der Waals surface area contributed by atoms with Gasteiger partial charge in [0.15, 0.2) is 0 Å². The van der Waals surface area contributed by atoms with Gasteiger partial charge in [0.2, 0.25) is 0 Å². The predicted molar refractivity (Wildman–Crippen MR) is 75.7 cm³/mol. The van der Waals surface area contributed by atoms with Crippen LogP contribution < -0.4 is 0 Å². The quantitative estimate of drug-likeness (QED) is 0.265. The van der Waals surface area contributed by atoms with Gasteiger partial charge in [-0.1, -0.05) is 90.4 Å². The van der Waals surface area contributed by atoms with E-state index in [1.165, 1.54) is 83.5 Å². The van der Waals surface area contributed by atoms with Gasteiger partial charge < -0.3 is 6.92 Å². The molecule has 0 aliphatic heterocycles. The van der Waals surface area contributed by atoms with E-state index in [1.54, 1.807) is 0 Å². The average molecular weight is 366 g/mol. The molecule has 0 spiro atoms. The second-order valence-corrected chi connectivity index (χ2v) is 5.10. The molecule has 0 aliphatic carbocycles. The molecule has 0 aromatic heterocycles. The number of unbranched alkanes of at least 4 members (excludes halogenated alkanes) is 13. The Balaban J connectivity index is 0. The van der Waals surface area contributed by atoms with Gasteiger partial charge in [-0.05, 0) is 0 Å². The zero-order chi connectivity index (χ0) is 11.9. The molecule has 0 heterocycles. The first-order valence-corrected chi connectivity index (χ1v) is 7.71. The van der Waals surface area contributed by atoms with E-state index in [9.17, 15) is 0 Å². The summed E-state index contributed by atoms with van der Waals surface area (Å²) in [7, 11) is 0. The molecule has 0 saturated heterocycles. The van der Waals surface area contributed by atoms with Crippen molar-refractivity contribution in [2.24, 2.45) is 0 Å². The van der Waals surface area contributed by atoms with Gasteiger partial charge in [0.1, 0.15) is 0 Å². The third-order valence-corrected chi connectivity index (χ3v) is 3.35. The van der Waals surface area contributed by atoms with E-state index < -0.39 is 0 Å². The third kappa shape index (κ3) is 19.9. The van der Waals surface area contributed by atoms with Crippen LogP contribution >= 0.6 is 0 Å². The molecular weight excluding hydrogens is 332 g/mol. The maximum absolute atomic E-state index is 3.87. The van der Waals surface area contributed by atoms with E-state index in [4.69, 9.17) is 0 Å². The van der Waals surface area contributed by atoms with Gasteiger partial charge in [-0.15, -0.1) is 0 Å². The van der Waals surface area contributed by atoms with Crippen LogP contribution in [-0.2, 0) is 0 Å². The largest absolute Gasteiger partial charge is 0.343 e. The molecule has 0 rings (SSSR count). The molecule has 0 bridgehead atoms. The van der Waals surface area contributed by atoms with Gasteiger partial charge in [0.05, 0.1) is 0 Å². The van der Waals surface area contributed by atoms with Gasteiger partial charge in [-0.2, -0.15) is 6.42 Å². The molecule has 17 heavy (non-hydrogen) atoms. The zero-order valence-corrected chi connectivity index (χ0v) is 15.2. The van der Waals surface area contributed by atoms with Crippen LogP contribution in [0.15, 0.2) is 0 Å². The molecule has 0 fully saturated rings. The molecule has 0 N–H and O–H groups in total. The summed E-state index contributed by atoms with van der Waals surface area (Å²) in [5.74, 6) is 0. The average Bonchev–Trinajstić information content (AvgIpc) is 2.31. The molecule has 0 unspecified atom stereocenters. The fourth-order valence-corrected chi connectivity index (χ4v) is 2.19. The van der Waals surface area contributed by atoms with Crippen molar-refractivity contribution >= 4 is 0 Å². The van der Waals surface area contributed by atoms with Crippen molar-refractivity contribution in [1.82, 2.24) is 0 Å². The number of rotatable bonds is 13. The Morgan fingerprint density at radius 3 is 1.12 bits per heavy atom. The fourth-order valence-electron chi connectivity index (χ4n) is 2.19. The van der Waals surface area contributed by atoms with Crippen LogP contribution in [0.4, 0.5) is 0 Å². The van der Waals surface area contributed by atoms with Gasteiger partial charge >= 0.3 is 0 Å². The van der Waals surface area contributed by atoms with Crippen molar-refractivity contribution < 1.29 is 41.7 Å². The molecule has 0 atom stereocenters. The molecule has 0 saturated carbocycles. The van der Waals surface area contributed by atoms with Gasteiger partial charge in [0, 0.05) is 41.7 Å². The van der Waals surface area contributed by atoms with Crippen LogP contribution in [0.5, 0.6) is 0 Å². The molecule has 0 aromatic carbocycles. The first-order valence-electron chi connectivity index (χ1n) is 7.71. The number of hydrogen-bond donors (Lipinski definition) is 0. The maximum Gasteiger partial charge on any atom is 0 e.